The Balaban J connectivity index is 2.08. The molecule has 0 N–H and O–H groups in total. The first kappa shape index (κ1) is 36.3. The van der Waals surface area contributed by atoms with Crippen LogP contribution in [0.4, 0.5) is 4.79 Å². The van der Waals surface area contributed by atoms with Crippen molar-refractivity contribution in [3.8, 4) is 0 Å². The second-order valence-corrected chi connectivity index (χ2v) is 15.0. The van der Waals surface area contributed by atoms with E-state index in [4.69, 9.17) is 35.3 Å². The molecule has 45 heavy (non-hydrogen) atoms. The summed E-state index contributed by atoms with van der Waals surface area (Å²) in [5.41, 5.74) is -2.08. The fourth-order valence-corrected chi connectivity index (χ4v) is 5.21. The summed E-state index contributed by atoms with van der Waals surface area (Å²) in [7, 11) is 0. The smallest absolute Gasteiger partial charge is 0.419 e. The fraction of sp³-hybridized carbons (Fsp3) is 0.667. The minimum atomic E-state index is -1.45. The molecule has 3 rings (SSSR count). The van der Waals surface area contributed by atoms with Crippen molar-refractivity contribution >= 4 is 41.5 Å². The van der Waals surface area contributed by atoms with E-state index >= 15 is 0 Å². The van der Waals surface area contributed by atoms with Gasteiger partial charge in [0.25, 0.3) is 5.91 Å². The summed E-state index contributed by atoms with van der Waals surface area (Å²) in [5.74, 6) is -3.18. The van der Waals surface area contributed by atoms with E-state index in [1.165, 1.54) is 0 Å². The number of esters is 3. The van der Waals surface area contributed by atoms with Crippen LogP contribution in [0.3, 0.4) is 0 Å². The zero-order valence-electron chi connectivity index (χ0n) is 27.8. The van der Waals surface area contributed by atoms with Gasteiger partial charge in [-0.3, -0.25) is 19.2 Å². The zero-order chi connectivity index (χ0) is 34.1. The number of ether oxygens (including phenoxy) is 5. The molecule has 2 aliphatic heterocycles. The van der Waals surface area contributed by atoms with Crippen molar-refractivity contribution in [1.82, 2.24) is 4.90 Å². The van der Waals surface area contributed by atoms with Crippen molar-refractivity contribution < 1.29 is 47.7 Å². The molecule has 0 bridgehead atoms. The molecule has 250 valence electrons. The molecule has 2 unspecified atom stereocenters. The van der Waals surface area contributed by atoms with Crippen LogP contribution in [0.25, 0.3) is 0 Å². The molecule has 0 saturated carbocycles. The van der Waals surface area contributed by atoms with Crippen LogP contribution in [0.15, 0.2) is 30.3 Å². The Morgan fingerprint density at radius 1 is 0.844 bits per heavy atom. The van der Waals surface area contributed by atoms with E-state index in [9.17, 15) is 24.0 Å². The summed E-state index contributed by atoms with van der Waals surface area (Å²) >= 11 is 6.78. The lowest BCUT2D eigenvalue weighted by Crippen LogP contribution is -2.65. The molecule has 0 aromatic heterocycles. The first-order valence-electron chi connectivity index (χ1n) is 15.2. The number of alkyl halides is 1. The molecule has 11 nitrogen and oxygen atoms in total. The highest BCUT2D eigenvalue weighted by Crippen LogP contribution is 2.39. The number of hydrogen-bond donors (Lipinski definition) is 0. The summed E-state index contributed by atoms with van der Waals surface area (Å²) in [6.07, 6.45) is -6.09. The van der Waals surface area contributed by atoms with E-state index in [0.717, 1.165) is 10.5 Å². The monoisotopic (exact) mass is 651 g/mol. The van der Waals surface area contributed by atoms with Crippen LogP contribution < -0.4 is 0 Å². The van der Waals surface area contributed by atoms with E-state index in [2.05, 4.69) is 0 Å². The molecule has 2 amide bonds. The van der Waals surface area contributed by atoms with Crippen molar-refractivity contribution in [2.24, 2.45) is 16.2 Å². The number of benzene rings is 1. The maximum atomic E-state index is 14.0. The number of imide groups is 1. The lowest BCUT2D eigenvalue weighted by Gasteiger charge is -2.44. The Morgan fingerprint density at radius 2 is 1.36 bits per heavy atom. The van der Waals surface area contributed by atoms with Gasteiger partial charge in [-0.15, -0.1) is 11.6 Å². The number of amides is 2. The van der Waals surface area contributed by atoms with Crippen molar-refractivity contribution in [3.63, 3.8) is 0 Å². The molecular weight excluding hydrogens is 606 g/mol. The van der Waals surface area contributed by atoms with E-state index in [0.29, 0.717) is 6.42 Å². The highest BCUT2D eigenvalue weighted by atomic mass is 35.5. The second-order valence-electron chi connectivity index (χ2n) is 14.5. The summed E-state index contributed by atoms with van der Waals surface area (Å²) in [5, 5.41) is -1.20. The van der Waals surface area contributed by atoms with Gasteiger partial charge in [0.15, 0.2) is 12.2 Å². The number of rotatable bonds is 8. The first-order valence-corrected chi connectivity index (χ1v) is 15.6. The van der Waals surface area contributed by atoms with Gasteiger partial charge in [0.2, 0.25) is 6.29 Å². The largest absolute Gasteiger partial charge is 0.462 e. The van der Waals surface area contributed by atoms with Gasteiger partial charge in [-0.1, -0.05) is 37.3 Å². The predicted octanol–water partition coefficient (Wildman–Crippen LogP) is 5.37. The summed E-state index contributed by atoms with van der Waals surface area (Å²) in [6.45, 7) is 16.3. The minimum Gasteiger partial charge on any atom is -0.462 e. The third kappa shape index (κ3) is 8.35. The molecule has 7 atom stereocenters. The summed E-state index contributed by atoms with van der Waals surface area (Å²) in [4.78, 5) is 67.4. The fourth-order valence-electron chi connectivity index (χ4n) is 4.78. The number of fused-ring (bicyclic) bond motifs is 1. The number of halogens is 1. The summed E-state index contributed by atoms with van der Waals surface area (Å²) in [6, 6.07) is 7.80. The van der Waals surface area contributed by atoms with Gasteiger partial charge in [-0.2, -0.15) is 0 Å². The highest BCUT2D eigenvalue weighted by molar-refractivity contribution is 6.32. The van der Waals surface area contributed by atoms with Crippen LogP contribution in [0, 0.1) is 16.2 Å². The molecule has 2 aliphatic rings. The van der Waals surface area contributed by atoms with Crippen molar-refractivity contribution in [2.45, 2.75) is 118 Å². The van der Waals surface area contributed by atoms with Gasteiger partial charge in [-0.25, -0.2) is 9.69 Å². The van der Waals surface area contributed by atoms with Crippen LogP contribution in [0.5, 0.6) is 0 Å². The lowest BCUT2D eigenvalue weighted by molar-refractivity contribution is -0.259. The Labute approximate surface area is 270 Å². The Kier molecular flexibility index (Phi) is 11.0. The third-order valence-electron chi connectivity index (χ3n) is 7.52. The molecule has 1 aromatic carbocycles. The van der Waals surface area contributed by atoms with Crippen molar-refractivity contribution in [1.29, 1.82) is 0 Å². The minimum absolute atomic E-state index is 0.416. The quantitative estimate of drug-likeness (QED) is 0.205. The van der Waals surface area contributed by atoms with Gasteiger partial charge >= 0.3 is 24.0 Å². The third-order valence-corrected chi connectivity index (χ3v) is 8.01. The van der Waals surface area contributed by atoms with E-state index in [-0.39, 0.29) is 0 Å². The topological polar surface area (TPSA) is 135 Å². The Hall–Kier alpha value is -3.18. The van der Waals surface area contributed by atoms with E-state index in [1.807, 2.05) is 37.3 Å². The van der Waals surface area contributed by atoms with Crippen LogP contribution in [0.2, 0.25) is 0 Å². The van der Waals surface area contributed by atoms with Crippen molar-refractivity contribution in [3.05, 3.63) is 35.9 Å². The molecule has 0 radical (unpaired) electrons. The number of hydrogen-bond acceptors (Lipinski definition) is 10. The normalized spacial score (nSPS) is 25.0. The molecular formula is C33H46ClNO10. The molecule has 1 aromatic rings. The van der Waals surface area contributed by atoms with E-state index in [1.54, 1.807) is 62.3 Å². The molecule has 0 spiro atoms. The van der Waals surface area contributed by atoms with Crippen LogP contribution in [-0.2, 0) is 42.9 Å². The molecule has 2 saturated heterocycles. The average Bonchev–Trinajstić information content (AvgIpc) is 3.26. The standard InChI is InChI=1S/C33H46ClNO10/c1-11-19(18-15-13-12-14-16-18)21(34)25(36)35-22-24(44-29(39)33(8,9)10)23(43-28(38)32(5,6)7)20(42-26(22)45-30(35)40)17-41-27(37)31(2,3)4/h12-16,19-24,26H,11,17H2,1-10H3/t19?,20-,21?,22-,23+,24-,26-/m1/s1. The van der Waals surface area contributed by atoms with Gasteiger partial charge in [0, 0.05) is 5.92 Å². The zero-order valence-corrected chi connectivity index (χ0v) is 28.5. The molecule has 2 heterocycles. The molecule has 2 fully saturated rings. The van der Waals surface area contributed by atoms with Crippen LogP contribution in [0.1, 0.15) is 87.1 Å². The lowest BCUT2D eigenvalue weighted by atomic mass is 9.90. The maximum absolute atomic E-state index is 14.0. The predicted molar refractivity (Wildman–Crippen MR) is 164 cm³/mol. The second kappa shape index (κ2) is 13.7. The van der Waals surface area contributed by atoms with Gasteiger partial charge in [-0.05, 0) is 74.3 Å². The number of carbonyl (C=O) groups excluding carboxylic acids is 5. The maximum Gasteiger partial charge on any atom is 0.419 e. The van der Waals surface area contributed by atoms with Gasteiger partial charge < -0.3 is 23.7 Å². The average molecular weight is 652 g/mol. The number of carbonyl (C=O) groups is 5. The van der Waals surface area contributed by atoms with Gasteiger partial charge in [0.05, 0.1) is 16.2 Å². The first-order chi connectivity index (χ1) is 20.7. The Morgan fingerprint density at radius 3 is 1.84 bits per heavy atom. The summed E-state index contributed by atoms with van der Waals surface area (Å²) < 4.78 is 29.0. The van der Waals surface area contributed by atoms with E-state index < -0.39 is 94.7 Å². The van der Waals surface area contributed by atoms with Crippen molar-refractivity contribution in [2.75, 3.05) is 6.61 Å². The Bertz CT molecular complexity index is 1260. The molecule has 12 heteroatoms. The van der Waals surface area contributed by atoms with Crippen LogP contribution >= 0.6 is 11.6 Å². The number of nitrogens with zero attached hydrogens (tertiary/aromatic N) is 1. The molecule has 0 aliphatic carbocycles. The highest BCUT2D eigenvalue weighted by Gasteiger charge is 2.62. The SMILES string of the molecule is CCC(c1ccccc1)C(Cl)C(=O)N1C(=O)O[C@H]2O[C@H](COC(=O)C(C)(C)C)[C@H](OC(=O)C(C)(C)C)[C@H](OC(=O)C(C)(C)C)[C@H]21. The van der Waals surface area contributed by atoms with Crippen LogP contribution in [-0.4, -0.2) is 77.4 Å². The van der Waals surface area contributed by atoms with Gasteiger partial charge in [0.1, 0.15) is 24.1 Å².